The number of Topliss-reactive ketones (excluding diaryl/α,β-unsaturated/α-hetero) is 1. The molecule has 2 aliphatic heterocycles. The van der Waals surface area contributed by atoms with Crippen LogP contribution in [-0.2, 0) is 46.6 Å². The lowest BCUT2D eigenvalue weighted by Gasteiger charge is -2.33. The van der Waals surface area contributed by atoms with Gasteiger partial charge in [-0.2, -0.15) is 13.8 Å². The highest BCUT2D eigenvalue weighted by Gasteiger charge is 2.52. The number of carbonyl (C=O) groups is 6. The van der Waals surface area contributed by atoms with E-state index in [1.54, 1.807) is 84.1 Å². The molecule has 0 bridgehead atoms. The van der Waals surface area contributed by atoms with Gasteiger partial charge in [-0.3, -0.25) is 33.6 Å². The summed E-state index contributed by atoms with van der Waals surface area (Å²) in [6.45, 7) is 11.0. The summed E-state index contributed by atoms with van der Waals surface area (Å²) in [5.41, 5.74) is 2.97. The number of amides is 5. The Morgan fingerprint density at radius 2 is 1.49 bits per heavy atom. The summed E-state index contributed by atoms with van der Waals surface area (Å²) in [5, 5.41) is 17.5. The number of likely N-dealkylation sites (tertiary alicyclic amines) is 1. The van der Waals surface area contributed by atoms with Crippen LogP contribution in [-0.4, -0.2) is 109 Å². The van der Waals surface area contributed by atoms with Crippen molar-refractivity contribution >= 4 is 35.3 Å². The van der Waals surface area contributed by atoms with Crippen LogP contribution in [0.5, 0.6) is 0 Å². The number of halogens is 2. The molecule has 0 saturated carbocycles. The number of benzene rings is 2. The first-order valence-electron chi connectivity index (χ1n) is 21.0. The van der Waals surface area contributed by atoms with Crippen LogP contribution in [0.25, 0.3) is 0 Å². The molecule has 15 nitrogen and oxygen atoms in total. The molecule has 6 N–H and O–H groups in total. The Hall–Kier alpha value is -5.42. The Bertz CT molecular complexity index is 1900. The summed E-state index contributed by atoms with van der Waals surface area (Å²) in [5.74, 6) is -11.7. The Morgan fingerprint density at radius 3 is 2.10 bits per heavy atom. The van der Waals surface area contributed by atoms with E-state index >= 15 is 8.78 Å². The minimum Gasteiger partial charge on any atom is -0.392 e. The highest BCUT2D eigenvalue weighted by molar-refractivity contribution is 6.10. The van der Waals surface area contributed by atoms with Crippen molar-refractivity contribution in [3.05, 3.63) is 83.2 Å². The van der Waals surface area contributed by atoms with Crippen molar-refractivity contribution in [1.29, 1.82) is 0 Å². The molecule has 2 aromatic carbocycles. The van der Waals surface area contributed by atoms with E-state index in [4.69, 9.17) is 4.84 Å². The van der Waals surface area contributed by atoms with Crippen molar-refractivity contribution in [2.45, 2.75) is 116 Å². The number of fused-ring (bicyclic) bond motifs is 1. The maximum absolute atomic E-state index is 15.7. The van der Waals surface area contributed by atoms with Crippen LogP contribution in [0.15, 0.2) is 66.5 Å². The van der Waals surface area contributed by atoms with Crippen LogP contribution >= 0.6 is 0 Å². The number of hydrogen-bond donors (Lipinski definition) is 6. The van der Waals surface area contributed by atoms with Gasteiger partial charge in [0.2, 0.25) is 23.5 Å². The van der Waals surface area contributed by atoms with Crippen LogP contribution in [0.2, 0.25) is 0 Å². The van der Waals surface area contributed by atoms with Gasteiger partial charge in [0, 0.05) is 46.4 Å². The molecule has 4 rings (SSSR count). The van der Waals surface area contributed by atoms with Gasteiger partial charge in [0.25, 0.3) is 11.8 Å². The summed E-state index contributed by atoms with van der Waals surface area (Å²) in [4.78, 5) is 89.8. The summed E-state index contributed by atoms with van der Waals surface area (Å²) < 4.78 is 31.3. The second kappa shape index (κ2) is 21.9. The maximum Gasteiger partial charge on any atom is 0.383 e. The molecule has 2 aliphatic rings. The van der Waals surface area contributed by atoms with E-state index in [1.165, 1.54) is 23.6 Å². The number of nitrogens with one attached hydrogen (secondary N) is 6. The third-order valence-electron chi connectivity index (χ3n) is 11.0. The maximum atomic E-state index is 15.7. The van der Waals surface area contributed by atoms with Gasteiger partial charge in [-0.25, -0.2) is 0 Å². The molecule has 2 heterocycles. The standard InChI is InChI=1S/C44H62F2N8O7/c1-9-15-33(38(55)44(45,46)43(60)49-28(6)29-16-11-10-12-17-29)50-40(57)35-22-32(61-53-21-20-30-18-13-14-19-31(30)24-53)25-54(35)42(59)37(27(4)5)52-41(58)36(26(2)3)51-39(56)34(48-8)23-47-7/h10-14,16-19,23,26-28,32-33,35-37,47-48H,9,15,20-22,24-25H2,1-8H3,(H,49,60)(H,50,57)(H,51,56)(H,52,58)/b34-23-/t28?,32-,33+,35?,36+,37?/m1/s1. The highest BCUT2D eigenvalue weighted by atomic mass is 19.3. The lowest BCUT2D eigenvalue weighted by atomic mass is 9.98. The van der Waals surface area contributed by atoms with Gasteiger partial charge in [0.15, 0.2) is 0 Å². The molecule has 3 unspecified atom stereocenters. The first-order chi connectivity index (χ1) is 28.9. The topological polar surface area (TPSA) is 190 Å². The van der Waals surface area contributed by atoms with E-state index in [0.29, 0.717) is 25.1 Å². The van der Waals surface area contributed by atoms with Gasteiger partial charge < -0.3 is 36.8 Å². The predicted octanol–water partition coefficient (Wildman–Crippen LogP) is 2.87. The summed E-state index contributed by atoms with van der Waals surface area (Å²) >= 11 is 0. The molecule has 61 heavy (non-hydrogen) atoms. The lowest BCUT2D eigenvalue weighted by molar-refractivity contribution is -0.203. The number of alkyl halides is 2. The molecule has 0 radical (unpaired) electrons. The summed E-state index contributed by atoms with van der Waals surface area (Å²) in [7, 11) is 3.17. The number of ketones is 1. The van der Waals surface area contributed by atoms with E-state index in [2.05, 4.69) is 31.9 Å². The second-order valence-corrected chi connectivity index (χ2v) is 16.3. The minimum absolute atomic E-state index is 0.0533. The Kier molecular flexibility index (Phi) is 17.3. The SMILES string of the molecule is CCC[C@H](NC(=O)C1C[C@@H](ON2CCc3ccccc3C2)CN1C(=O)C(NC(=O)[C@@H](NC(=O)/C(=C/NC)NC)C(C)C)C(C)C)C(=O)C(F)(F)C(=O)NC(C)c1ccccc1. The van der Waals surface area contributed by atoms with Gasteiger partial charge in [-0.15, -0.1) is 0 Å². The second-order valence-electron chi connectivity index (χ2n) is 16.3. The van der Waals surface area contributed by atoms with E-state index in [-0.39, 0.29) is 31.5 Å². The van der Waals surface area contributed by atoms with Crippen molar-refractivity contribution in [2.24, 2.45) is 11.8 Å². The fourth-order valence-electron chi connectivity index (χ4n) is 7.49. The number of hydroxylamine groups is 2. The normalized spacial score (nSPS) is 19.0. The molecule has 2 aromatic rings. The lowest BCUT2D eigenvalue weighted by Crippen LogP contribution is -2.60. The van der Waals surface area contributed by atoms with E-state index in [9.17, 15) is 28.8 Å². The van der Waals surface area contributed by atoms with Crippen LogP contribution in [0.1, 0.15) is 83.5 Å². The summed E-state index contributed by atoms with van der Waals surface area (Å²) in [6, 6.07) is 10.2. The molecule has 5 amide bonds. The first-order valence-corrected chi connectivity index (χ1v) is 21.0. The van der Waals surface area contributed by atoms with Crippen molar-refractivity contribution in [1.82, 2.24) is 41.9 Å². The van der Waals surface area contributed by atoms with Crippen molar-refractivity contribution in [2.75, 3.05) is 27.2 Å². The predicted molar refractivity (Wildman–Crippen MR) is 225 cm³/mol. The molecule has 6 atom stereocenters. The third-order valence-corrected chi connectivity index (χ3v) is 11.0. The Labute approximate surface area is 357 Å². The zero-order chi connectivity index (χ0) is 45.0. The number of nitrogens with zero attached hydrogens (tertiary/aromatic N) is 2. The smallest absolute Gasteiger partial charge is 0.383 e. The van der Waals surface area contributed by atoms with Gasteiger partial charge in [0.1, 0.15) is 23.8 Å². The van der Waals surface area contributed by atoms with Crippen LogP contribution in [0, 0.1) is 11.8 Å². The minimum atomic E-state index is -4.50. The molecule has 0 aliphatic carbocycles. The van der Waals surface area contributed by atoms with Crippen LogP contribution < -0.4 is 31.9 Å². The van der Waals surface area contributed by atoms with Crippen molar-refractivity contribution in [3.63, 3.8) is 0 Å². The zero-order valence-corrected chi connectivity index (χ0v) is 36.4. The molecule has 1 saturated heterocycles. The molecular weight excluding hydrogens is 791 g/mol. The summed E-state index contributed by atoms with van der Waals surface area (Å²) in [6.07, 6.45) is 1.37. The van der Waals surface area contributed by atoms with E-state index in [1.807, 2.05) is 24.3 Å². The highest BCUT2D eigenvalue weighted by Crippen LogP contribution is 2.28. The van der Waals surface area contributed by atoms with Gasteiger partial charge in [-0.05, 0) is 48.3 Å². The number of carbonyl (C=O) groups excluding carboxylic acids is 6. The zero-order valence-electron chi connectivity index (χ0n) is 36.4. The quantitative estimate of drug-likeness (QED) is 0.0854. The molecule has 334 valence electrons. The Morgan fingerprint density at radius 1 is 0.852 bits per heavy atom. The molecule has 17 heteroatoms. The number of hydrogen-bond acceptors (Lipinski definition) is 10. The molecule has 1 fully saturated rings. The first kappa shape index (κ1) is 48.2. The van der Waals surface area contributed by atoms with Crippen LogP contribution in [0.3, 0.4) is 0 Å². The average Bonchev–Trinajstić information content (AvgIpc) is 3.66. The average molecular weight is 853 g/mol. The molecule has 0 aromatic heterocycles. The van der Waals surface area contributed by atoms with Crippen LogP contribution in [0.4, 0.5) is 8.78 Å². The van der Waals surface area contributed by atoms with E-state index in [0.717, 1.165) is 5.56 Å². The van der Waals surface area contributed by atoms with Crippen molar-refractivity contribution < 1.29 is 42.4 Å². The fourth-order valence-corrected chi connectivity index (χ4v) is 7.49. The van der Waals surface area contributed by atoms with Gasteiger partial charge in [0.05, 0.1) is 18.2 Å². The third kappa shape index (κ3) is 12.3. The Balaban J connectivity index is 1.59. The number of likely N-dealkylation sites (N-methyl/N-ethyl adjacent to an activating group) is 1. The molecule has 0 spiro atoms. The number of rotatable bonds is 20. The van der Waals surface area contributed by atoms with E-state index < -0.39 is 89.4 Å². The van der Waals surface area contributed by atoms with Crippen molar-refractivity contribution in [3.8, 4) is 0 Å². The largest absolute Gasteiger partial charge is 0.392 e. The monoisotopic (exact) mass is 852 g/mol. The molecular formula is C44H62F2N8O7. The van der Waals surface area contributed by atoms with Gasteiger partial charge in [-0.1, -0.05) is 95.6 Å². The fraction of sp³-hybridized carbons (Fsp3) is 0.545. The van der Waals surface area contributed by atoms with Gasteiger partial charge >= 0.3 is 5.92 Å².